The largest absolute Gasteiger partial charge is 0.493 e. The molecule has 19 heavy (non-hydrogen) atoms. The van der Waals surface area contributed by atoms with Crippen LogP contribution in [-0.4, -0.2) is 16.6 Å². The zero-order chi connectivity index (χ0) is 13.2. The molecule has 4 heteroatoms. The summed E-state index contributed by atoms with van der Waals surface area (Å²) >= 11 is 0. The lowest BCUT2D eigenvalue weighted by Gasteiger charge is -2.09. The number of hydrogen-bond donors (Lipinski definition) is 0. The van der Waals surface area contributed by atoms with Gasteiger partial charge >= 0.3 is 0 Å². The first-order valence-corrected chi connectivity index (χ1v) is 7.42. The average molecular weight is 276 g/mol. The molecule has 2 aromatic carbocycles. The van der Waals surface area contributed by atoms with Crippen molar-refractivity contribution in [3.8, 4) is 5.75 Å². The number of halogens is 1. The molecule has 0 amide bonds. The monoisotopic (exact) mass is 276 g/mol. The summed E-state index contributed by atoms with van der Waals surface area (Å²) in [6, 6.07) is 14.0. The number of fused-ring (bicyclic) bond motifs is 1. The minimum Gasteiger partial charge on any atom is -0.493 e. The maximum Gasteiger partial charge on any atom is 0.139 e. The van der Waals surface area contributed by atoms with Crippen molar-refractivity contribution in [2.75, 3.05) is 12.4 Å². The van der Waals surface area contributed by atoms with Crippen LogP contribution in [0.15, 0.2) is 53.4 Å². The van der Waals surface area contributed by atoms with Crippen molar-refractivity contribution < 1.29 is 13.3 Å². The summed E-state index contributed by atoms with van der Waals surface area (Å²) in [5, 5.41) is 0. The van der Waals surface area contributed by atoms with Gasteiger partial charge in [0.15, 0.2) is 0 Å². The predicted molar refractivity (Wildman–Crippen MR) is 72.4 cm³/mol. The van der Waals surface area contributed by atoms with E-state index < -0.39 is 16.6 Å². The fraction of sp³-hybridized carbons (Fsp3) is 0.200. The fourth-order valence-electron chi connectivity index (χ4n) is 2.27. The molecule has 0 saturated heterocycles. The van der Waals surface area contributed by atoms with Crippen molar-refractivity contribution in [1.29, 1.82) is 0 Å². The van der Waals surface area contributed by atoms with E-state index in [1.54, 1.807) is 18.2 Å². The zero-order valence-corrected chi connectivity index (χ0v) is 11.0. The second-order valence-corrected chi connectivity index (χ2v) is 5.95. The van der Waals surface area contributed by atoms with Crippen molar-refractivity contribution >= 4 is 10.8 Å². The van der Waals surface area contributed by atoms with Crippen LogP contribution in [0.3, 0.4) is 0 Å². The van der Waals surface area contributed by atoms with Gasteiger partial charge in [0, 0.05) is 17.2 Å². The zero-order valence-electron chi connectivity index (χ0n) is 10.2. The van der Waals surface area contributed by atoms with Crippen LogP contribution in [0.25, 0.3) is 0 Å². The second kappa shape index (κ2) is 5.13. The minimum atomic E-state index is -1.35. The quantitative estimate of drug-likeness (QED) is 0.861. The van der Waals surface area contributed by atoms with Crippen molar-refractivity contribution in [2.24, 2.45) is 0 Å². The van der Waals surface area contributed by atoms with Crippen LogP contribution in [-0.2, 0) is 10.8 Å². The third-order valence-electron chi connectivity index (χ3n) is 3.23. The Labute approximate surface area is 113 Å². The van der Waals surface area contributed by atoms with E-state index in [0.717, 1.165) is 11.3 Å². The number of ether oxygens (including phenoxy) is 1. The lowest BCUT2D eigenvalue weighted by Crippen LogP contribution is -2.12. The first-order chi connectivity index (χ1) is 9.25. The summed E-state index contributed by atoms with van der Waals surface area (Å²) in [7, 11) is -1.35. The lowest BCUT2D eigenvalue weighted by molar-refractivity contribution is 0.338. The van der Waals surface area contributed by atoms with Crippen LogP contribution in [0.2, 0.25) is 0 Å². The molecular formula is C15H13FO2S. The third kappa shape index (κ3) is 2.40. The smallest absolute Gasteiger partial charge is 0.139 e. The van der Waals surface area contributed by atoms with E-state index in [-0.39, 0.29) is 10.8 Å². The molecule has 0 aliphatic carbocycles. The summed E-state index contributed by atoms with van der Waals surface area (Å²) in [5.41, 5.74) is 1.06. The minimum absolute atomic E-state index is 0.0663. The van der Waals surface area contributed by atoms with Crippen LogP contribution >= 0.6 is 0 Å². The Morgan fingerprint density at radius 2 is 1.89 bits per heavy atom. The van der Waals surface area contributed by atoms with Crippen molar-refractivity contribution in [3.05, 3.63) is 59.9 Å². The van der Waals surface area contributed by atoms with E-state index in [9.17, 15) is 8.60 Å². The van der Waals surface area contributed by atoms with E-state index in [2.05, 4.69) is 0 Å². The maximum atomic E-state index is 13.6. The van der Waals surface area contributed by atoms with Crippen LogP contribution < -0.4 is 4.74 Å². The Kier molecular flexibility index (Phi) is 3.34. The lowest BCUT2D eigenvalue weighted by atomic mass is 10.0. The Bertz CT molecular complexity index is 627. The number of hydrogen-bond acceptors (Lipinski definition) is 2. The Balaban J connectivity index is 1.81. The van der Waals surface area contributed by atoms with E-state index in [1.165, 1.54) is 6.07 Å². The van der Waals surface area contributed by atoms with Crippen molar-refractivity contribution in [1.82, 2.24) is 0 Å². The molecule has 2 unspecified atom stereocenters. The molecule has 98 valence electrons. The summed E-state index contributed by atoms with van der Waals surface area (Å²) in [6.07, 6.45) is 0. The molecule has 0 bridgehead atoms. The van der Waals surface area contributed by atoms with E-state index in [1.807, 2.05) is 24.3 Å². The van der Waals surface area contributed by atoms with Gasteiger partial charge in [-0.2, -0.15) is 0 Å². The number of para-hydroxylation sites is 1. The standard InChI is InChI=1S/C15H13FO2S/c16-13-6-2-4-8-15(13)19(17)10-11-9-18-14-7-3-1-5-12(11)14/h1-8,11H,9-10H2. The third-order valence-corrected chi connectivity index (χ3v) is 4.76. The predicted octanol–water partition coefficient (Wildman–Crippen LogP) is 3.11. The molecule has 0 aromatic heterocycles. The molecule has 2 nitrogen and oxygen atoms in total. The van der Waals surface area contributed by atoms with Crippen LogP contribution in [0.5, 0.6) is 5.75 Å². The van der Waals surface area contributed by atoms with Crippen molar-refractivity contribution in [3.63, 3.8) is 0 Å². The normalized spacial score (nSPS) is 18.7. The Morgan fingerprint density at radius 1 is 1.16 bits per heavy atom. The molecule has 0 radical (unpaired) electrons. The van der Waals surface area contributed by atoms with E-state index >= 15 is 0 Å². The van der Waals surface area contributed by atoms with Crippen molar-refractivity contribution in [2.45, 2.75) is 10.8 Å². The summed E-state index contributed by atoms with van der Waals surface area (Å²) < 4.78 is 31.4. The van der Waals surface area contributed by atoms with Gasteiger partial charge in [0.1, 0.15) is 11.6 Å². The van der Waals surface area contributed by atoms with Gasteiger partial charge in [-0.1, -0.05) is 30.3 Å². The first kappa shape index (κ1) is 12.4. The summed E-state index contributed by atoms with van der Waals surface area (Å²) in [4.78, 5) is 0.270. The summed E-state index contributed by atoms with van der Waals surface area (Å²) in [6.45, 7) is 0.513. The van der Waals surface area contributed by atoms with Crippen LogP contribution in [0.4, 0.5) is 4.39 Å². The van der Waals surface area contributed by atoms with E-state index in [4.69, 9.17) is 4.74 Å². The van der Waals surface area contributed by atoms with E-state index in [0.29, 0.717) is 12.4 Å². The van der Waals surface area contributed by atoms with Gasteiger partial charge in [-0.15, -0.1) is 0 Å². The molecule has 1 heterocycles. The number of rotatable bonds is 3. The highest BCUT2D eigenvalue weighted by Crippen LogP contribution is 2.34. The molecule has 0 fully saturated rings. The van der Waals surface area contributed by atoms with Gasteiger partial charge in [0.25, 0.3) is 0 Å². The van der Waals surface area contributed by atoms with Gasteiger partial charge in [-0.3, -0.25) is 4.21 Å². The SMILES string of the molecule is O=S(CC1COc2ccccc21)c1ccccc1F. The average Bonchev–Trinajstić information content (AvgIpc) is 2.83. The second-order valence-electron chi connectivity index (χ2n) is 4.49. The molecule has 2 atom stereocenters. The van der Waals surface area contributed by atoms with Crippen LogP contribution in [0.1, 0.15) is 11.5 Å². The van der Waals surface area contributed by atoms with Gasteiger partial charge in [-0.05, 0) is 18.2 Å². The highest BCUT2D eigenvalue weighted by atomic mass is 32.2. The molecule has 1 aliphatic rings. The highest BCUT2D eigenvalue weighted by molar-refractivity contribution is 7.85. The molecule has 2 aromatic rings. The van der Waals surface area contributed by atoms with Gasteiger partial charge < -0.3 is 4.74 Å². The topological polar surface area (TPSA) is 26.3 Å². The molecule has 1 aliphatic heterocycles. The highest BCUT2D eigenvalue weighted by Gasteiger charge is 2.26. The molecular weight excluding hydrogens is 263 g/mol. The summed E-state index contributed by atoms with van der Waals surface area (Å²) in [5.74, 6) is 0.889. The molecule has 0 saturated carbocycles. The molecule has 0 spiro atoms. The molecule has 3 rings (SSSR count). The fourth-order valence-corrected chi connectivity index (χ4v) is 3.61. The number of benzene rings is 2. The molecule has 0 N–H and O–H groups in total. The van der Waals surface area contributed by atoms with Gasteiger partial charge in [0.2, 0.25) is 0 Å². The van der Waals surface area contributed by atoms with Gasteiger partial charge in [0.05, 0.1) is 22.3 Å². The first-order valence-electron chi connectivity index (χ1n) is 6.10. The Morgan fingerprint density at radius 3 is 2.74 bits per heavy atom. The van der Waals surface area contributed by atoms with Gasteiger partial charge in [-0.25, -0.2) is 4.39 Å². The van der Waals surface area contributed by atoms with Crippen LogP contribution in [0, 0.1) is 5.82 Å². The Hall–Kier alpha value is -1.68. The maximum absolute atomic E-state index is 13.6.